The summed E-state index contributed by atoms with van der Waals surface area (Å²) in [5, 5.41) is 11.9. The fraction of sp³-hybridized carbons (Fsp3) is 0.176. The largest absolute Gasteiger partial charge is 0.493 e. The highest BCUT2D eigenvalue weighted by molar-refractivity contribution is 7.92. The number of aromatic carboxylic acids is 1. The Kier molecular flexibility index (Phi) is 5.09. The second kappa shape index (κ2) is 7.21. The van der Waals surface area contributed by atoms with Gasteiger partial charge in [0.05, 0.1) is 36.9 Å². The molecule has 0 saturated carbocycles. The van der Waals surface area contributed by atoms with Crippen LogP contribution in [0, 0.1) is 0 Å². The summed E-state index contributed by atoms with van der Waals surface area (Å²) in [5.41, 5.74) is 0.345. The van der Waals surface area contributed by atoms with Gasteiger partial charge in [-0.2, -0.15) is 0 Å². The van der Waals surface area contributed by atoms with Gasteiger partial charge in [0.15, 0.2) is 11.5 Å². The quantitative estimate of drug-likeness (QED) is 0.646. The van der Waals surface area contributed by atoms with Crippen LogP contribution in [0.2, 0.25) is 5.02 Å². The predicted molar refractivity (Wildman–Crippen MR) is 101 cm³/mol. The molecule has 0 unspecified atom stereocenters. The number of rotatable bonds is 6. The van der Waals surface area contributed by atoms with Gasteiger partial charge in [0, 0.05) is 17.8 Å². The standard InChI is InChI=1S/C17H15ClN2O7S/c1-26-13-5-9(17(22)23)12(7-14(13)27-2)20-28(24,25)15-3-8-4-16(21)19-11(8)6-10(15)18/h3,5-7,20H,4H2,1-2H3,(H,19,21)(H,22,23). The number of methoxy groups -OCH3 is 2. The number of benzene rings is 2. The first-order valence-corrected chi connectivity index (χ1v) is 9.66. The summed E-state index contributed by atoms with van der Waals surface area (Å²) in [6.07, 6.45) is 0.0196. The second-order valence-electron chi connectivity index (χ2n) is 5.83. The van der Waals surface area contributed by atoms with Crippen molar-refractivity contribution in [3.63, 3.8) is 0 Å². The van der Waals surface area contributed by atoms with Crippen LogP contribution in [0.3, 0.4) is 0 Å². The fourth-order valence-corrected chi connectivity index (χ4v) is 4.42. The lowest BCUT2D eigenvalue weighted by molar-refractivity contribution is -0.115. The molecule has 28 heavy (non-hydrogen) atoms. The number of hydrogen-bond donors (Lipinski definition) is 3. The van der Waals surface area contributed by atoms with E-state index in [0.717, 1.165) is 6.07 Å². The average Bonchev–Trinajstić information content (AvgIpc) is 2.98. The lowest BCUT2D eigenvalue weighted by atomic mass is 10.1. The number of halogens is 1. The van der Waals surface area contributed by atoms with Gasteiger partial charge >= 0.3 is 5.97 Å². The topological polar surface area (TPSA) is 131 Å². The molecule has 9 nitrogen and oxygen atoms in total. The summed E-state index contributed by atoms with van der Waals surface area (Å²) >= 11 is 6.08. The molecule has 0 fully saturated rings. The number of carboxylic acid groups (broad SMARTS) is 1. The summed E-state index contributed by atoms with van der Waals surface area (Å²) < 4.78 is 38.1. The second-order valence-corrected chi connectivity index (χ2v) is 7.89. The molecule has 0 atom stereocenters. The maximum absolute atomic E-state index is 12.9. The van der Waals surface area contributed by atoms with E-state index in [-0.39, 0.29) is 45.0 Å². The molecule has 1 aliphatic heterocycles. The van der Waals surface area contributed by atoms with Crippen molar-refractivity contribution < 1.29 is 32.6 Å². The molecular weight excluding hydrogens is 412 g/mol. The Morgan fingerprint density at radius 1 is 1.18 bits per heavy atom. The van der Waals surface area contributed by atoms with Gasteiger partial charge in [-0.25, -0.2) is 13.2 Å². The van der Waals surface area contributed by atoms with E-state index in [9.17, 15) is 23.1 Å². The molecule has 3 N–H and O–H groups in total. The molecule has 0 saturated heterocycles. The van der Waals surface area contributed by atoms with Gasteiger partial charge in [-0.1, -0.05) is 11.6 Å². The highest BCUT2D eigenvalue weighted by Gasteiger charge is 2.27. The van der Waals surface area contributed by atoms with Crippen LogP contribution in [0.1, 0.15) is 15.9 Å². The van der Waals surface area contributed by atoms with Gasteiger partial charge in [-0.05, 0) is 17.7 Å². The van der Waals surface area contributed by atoms with E-state index in [1.54, 1.807) is 0 Å². The molecule has 1 aliphatic rings. The number of fused-ring (bicyclic) bond motifs is 1. The smallest absolute Gasteiger partial charge is 0.337 e. The van der Waals surface area contributed by atoms with Crippen molar-refractivity contribution in [3.8, 4) is 11.5 Å². The van der Waals surface area contributed by atoms with Gasteiger partial charge in [-0.3, -0.25) is 9.52 Å². The summed E-state index contributed by atoms with van der Waals surface area (Å²) in [6, 6.07) is 4.96. The van der Waals surface area contributed by atoms with E-state index in [1.807, 2.05) is 0 Å². The van der Waals surface area contributed by atoms with Gasteiger partial charge in [0.1, 0.15) is 4.90 Å². The van der Waals surface area contributed by atoms with Crippen molar-refractivity contribution in [2.24, 2.45) is 0 Å². The van der Waals surface area contributed by atoms with Crippen LogP contribution < -0.4 is 19.5 Å². The number of carboxylic acids is 1. The van der Waals surface area contributed by atoms with Crippen LogP contribution in [0.25, 0.3) is 0 Å². The summed E-state index contributed by atoms with van der Waals surface area (Å²) in [4.78, 5) is 22.8. The van der Waals surface area contributed by atoms with E-state index in [2.05, 4.69) is 10.0 Å². The molecule has 148 valence electrons. The first-order chi connectivity index (χ1) is 13.2. The fourth-order valence-electron chi connectivity index (χ4n) is 2.77. The Morgan fingerprint density at radius 2 is 1.82 bits per heavy atom. The Balaban J connectivity index is 2.07. The van der Waals surface area contributed by atoms with Crippen LogP contribution in [0.15, 0.2) is 29.2 Å². The van der Waals surface area contributed by atoms with Crippen molar-refractivity contribution in [1.29, 1.82) is 0 Å². The number of anilines is 2. The number of carbonyl (C=O) groups is 2. The molecule has 0 bridgehead atoms. The molecule has 0 radical (unpaired) electrons. The number of carbonyl (C=O) groups excluding carboxylic acids is 1. The van der Waals surface area contributed by atoms with Crippen molar-refractivity contribution in [2.45, 2.75) is 11.3 Å². The van der Waals surface area contributed by atoms with Crippen molar-refractivity contribution in [3.05, 3.63) is 40.4 Å². The van der Waals surface area contributed by atoms with E-state index in [0.29, 0.717) is 11.3 Å². The molecule has 0 spiro atoms. The number of ether oxygens (including phenoxy) is 2. The Bertz CT molecular complexity index is 1100. The zero-order valence-electron chi connectivity index (χ0n) is 14.7. The van der Waals surface area contributed by atoms with Crippen LogP contribution in [0.4, 0.5) is 11.4 Å². The summed E-state index contributed by atoms with van der Waals surface area (Å²) in [5.74, 6) is -1.38. The van der Waals surface area contributed by atoms with Crippen LogP contribution >= 0.6 is 11.6 Å². The number of amides is 1. The average molecular weight is 427 g/mol. The summed E-state index contributed by atoms with van der Waals surface area (Å²) in [7, 11) is -1.61. The van der Waals surface area contributed by atoms with E-state index in [1.165, 1.54) is 32.4 Å². The lowest BCUT2D eigenvalue weighted by Gasteiger charge is -2.15. The van der Waals surface area contributed by atoms with Gasteiger partial charge in [0.25, 0.3) is 10.0 Å². The minimum Gasteiger partial charge on any atom is -0.493 e. The minimum atomic E-state index is -4.26. The SMILES string of the molecule is COc1cc(NS(=O)(=O)c2cc3c(cc2Cl)NC(=O)C3)c(C(=O)O)cc1OC. The third-order valence-corrected chi connectivity index (χ3v) is 5.90. The number of sulfonamides is 1. The normalized spacial score (nSPS) is 12.9. The maximum atomic E-state index is 12.9. The molecule has 2 aromatic carbocycles. The molecule has 1 amide bonds. The maximum Gasteiger partial charge on any atom is 0.337 e. The highest BCUT2D eigenvalue weighted by Crippen LogP contribution is 2.36. The molecule has 11 heteroatoms. The lowest BCUT2D eigenvalue weighted by Crippen LogP contribution is -2.16. The van der Waals surface area contributed by atoms with E-state index in [4.69, 9.17) is 21.1 Å². The third-order valence-electron chi connectivity index (χ3n) is 4.07. The van der Waals surface area contributed by atoms with Crippen molar-refractivity contribution in [2.75, 3.05) is 24.3 Å². The van der Waals surface area contributed by atoms with Gasteiger partial charge in [-0.15, -0.1) is 0 Å². The molecule has 3 rings (SSSR count). The molecule has 0 aromatic heterocycles. The van der Waals surface area contributed by atoms with Crippen LogP contribution in [-0.4, -0.2) is 39.6 Å². The Labute approximate surface area is 165 Å². The zero-order valence-corrected chi connectivity index (χ0v) is 16.3. The zero-order chi connectivity index (χ0) is 20.6. The summed E-state index contributed by atoms with van der Waals surface area (Å²) in [6.45, 7) is 0. The van der Waals surface area contributed by atoms with Crippen molar-refractivity contribution in [1.82, 2.24) is 0 Å². The molecule has 1 heterocycles. The van der Waals surface area contributed by atoms with Gasteiger partial charge in [0.2, 0.25) is 5.91 Å². The minimum absolute atomic E-state index is 0.0196. The molecule has 2 aromatic rings. The van der Waals surface area contributed by atoms with Gasteiger partial charge < -0.3 is 19.9 Å². The predicted octanol–water partition coefficient (Wildman–Crippen LogP) is 2.35. The van der Waals surface area contributed by atoms with Crippen LogP contribution in [0.5, 0.6) is 11.5 Å². The molecule has 0 aliphatic carbocycles. The van der Waals surface area contributed by atoms with E-state index >= 15 is 0 Å². The number of hydrogen-bond acceptors (Lipinski definition) is 6. The Hall–Kier alpha value is -2.98. The number of nitrogens with one attached hydrogen (secondary N) is 2. The molecular formula is C17H15ClN2O7S. The highest BCUT2D eigenvalue weighted by atomic mass is 35.5. The monoisotopic (exact) mass is 426 g/mol. The van der Waals surface area contributed by atoms with Crippen molar-refractivity contribution >= 4 is 44.9 Å². The third kappa shape index (κ3) is 3.56. The Morgan fingerprint density at radius 3 is 2.43 bits per heavy atom. The van der Waals surface area contributed by atoms with E-state index < -0.39 is 16.0 Å². The van der Waals surface area contributed by atoms with Crippen LogP contribution in [-0.2, 0) is 21.2 Å². The first-order valence-electron chi connectivity index (χ1n) is 7.80. The first kappa shape index (κ1) is 19.8.